The van der Waals surface area contributed by atoms with Gasteiger partial charge in [-0.2, -0.15) is 0 Å². The minimum absolute atomic E-state index is 0.0870. The fraction of sp³-hybridized carbons (Fsp3) is 0.462. The number of hydrogen-bond acceptors (Lipinski definition) is 3. The Kier molecular flexibility index (Phi) is 5.95. The molecule has 0 N–H and O–H groups in total. The summed E-state index contributed by atoms with van der Waals surface area (Å²) in [6.45, 7) is 1.64. The molecule has 0 heterocycles. The number of ether oxygens (including phenoxy) is 1. The average Bonchev–Trinajstić information content (AvgIpc) is 2.31. The molecule has 0 saturated carbocycles. The number of amides is 1. The third-order valence-corrected chi connectivity index (χ3v) is 2.71. The molecular weight excluding hydrogens is 252 g/mol. The van der Waals surface area contributed by atoms with Gasteiger partial charge in [0.15, 0.2) is 0 Å². The van der Waals surface area contributed by atoms with Crippen LogP contribution in [0.15, 0.2) is 24.3 Å². The molecular formula is C13H19ClN2O2. The Labute approximate surface area is 113 Å². The van der Waals surface area contributed by atoms with Crippen LogP contribution in [0.5, 0.6) is 5.75 Å². The van der Waals surface area contributed by atoms with Gasteiger partial charge in [-0.3, -0.25) is 9.69 Å². The van der Waals surface area contributed by atoms with Crippen LogP contribution in [0, 0.1) is 0 Å². The van der Waals surface area contributed by atoms with Crippen molar-refractivity contribution >= 4 is 17.5 Å². The summed E-state index contributed by atoms with van der Waals surface area (Å²) in [4.78, 5) is 15.0. The predicted octanol–water partition coefficient (Wildman–Crippen LogP) is 1.74. The molecule has 0 unspecified atom stereocenters. The van der Waals surface area contributed by atoms with Crippen molar-refractivity contribution in [3.8, 4) is 5.75 Å². The highest BCUT2D eigenvalue weighted by Gasteiger charge is 2.07. The molecule has 1 rings (SSSR count). The Morgan fingerprint density at radius 3 is 2.39 bits per heavy atom. The van der Waals surface area contributed by atoms with Crippen molar-refractivity contribution in [2.75, 3.05) is 40.8 Å². The van der Waals surface area contributed by atoms with E-state index >= 15 is 0 Å². The molecule has 1 aromatic rings. The first kappa shape index (κ1) is 14.8. The maximum atomic E-state index is 11.5. The zero-order valence-corrected chi connectivity index (χ0v) is 11.8. The number of carbonyl (C=O) groups is 1. The molecule has 0 aliphatic rings. The summed E-state index contributed by atoms with van der Waals surface area (Å²) < 4.78 is 5.55. The van der Waals surface area contributed by atoms with E-state index in [0.29, 0.717) is 24.7 Å². The van der Waals surface area contributed by atoms with Crippen LogP contribution in [0.3, 0.4) is 0 Å². The van der Waals surface area contributed by atoms with E-state index in [4.69, 9.17) is 16.3 Å². The maximum absolute atomic E-state index is 11.5. The number of halogens is 1. The normalized spacial score (nSPS) is 10.5. The lowest BCUT2D eigenvalue weighted by molar-refractivity contribution is -0.129. The summed E-state index contributed by atoms with van der Waals surface area (Å²) in [5, 5.41) is 0.691. The minimum Gasteiger partial charge on any atom is -0.492 e. The second-order valence-electron chi connectivity index (χ2n) is 4.33. The summed E-state index contributed by atoms with van der Waals surface area (Å²) >= 11 is 5.78. The summed E-state index contributed by atoms with van der Waals surface area (Å²) in [6.07, 6.45) is 0. The predicted molar refractivity (Wildman–Crippen MR) is 73.1 cm³/mol. The van der Waals surface area contributed by atoms with Crippen LogP contribution in [0.25, 0.3) is 0 Å². The Bertz CT molecular complexity index is 379. The summed E-state index contributed by atoms with van der Waals surface area (Å²) in [5.74, 6) is 0.871. The zero-order chi connectivity index (χ0) is 13.5. The Hall–Kier alpha value is -1.26. The van der Waals surface area contributed by atoms with Gasteiger partial charge in [0.25, 0.3) is 0 Å². The van der Waals surface area contributed by atoms with E-state index in [1.165, 1.54) is 0 Å². The second-order valence-corrected chi connectivity index (χ2v) is 4.76. The number of likely N-dealkylation sites (N-methyl/N-ethyl adjacent to an activating group) is 2. The lowest BCUT2D eigenvalue weighted by Gasteiger charge is -2.18. The van der Waals surface area contributed by atoms with Crippen molar-refractivity contribution in [2.24, 2.45) is 0 Å². The van der Waals surface area contributed by atoms with Crippen LogP contribution in [-0.2, 0) is 4.79 Å². The third-order valence-electron chi connectivity index (χ3n) is 2.46. The molecule has 0 atom stereocenters. The quantitative estimate of drug-likeness (QED) is 0.789. The average molecular weight is 271 g/mol. The molecule has 5 heteroatoms. The number of nitrogens with zero attached hydrogens (tertiary/aromatic N) is 2. The molecule has 0 spiro atoms. The fourth-order valence-corrected chi connectivity index (χ4v) is 1.43. The van der Waals surface area contributed by atoms with Crippen LogP contribution >= 0.6 is 11.6 Å². The van der Waals surface area contributed by atoms with E-state index in [9.17, 15) is 4.79 Å². The Balaban J connectivity index is 2.25. The first-order valence-corrected chi connectivity index (χ1v) is 6.14. The van der Waals surface area contributed by atoms with Gasteiger partial charge < -0.3 is 9.64 Å². The maximum Gasteiger partial charge on any atom is 0.236 e. The summed E-state index contributed by atoms with van der Waals surface area (Å²) in [7, 11) is 5.40. The van der Waals surface area contributed by atoms with Crippen LogP contribution < -0.4 is 4.74 Å². The molecule has 1 amide bonds. The standard InChI is InChI=1S/C13H19ClN2O2/c1-15(2)13(17)10-16(3)8-9-18-12-6-4-11(14)5-7-12/h4-7H,8-10H2,1-3H3. The van der Waals surface area contributed by atoms with Gasteiger partial charge >= 0.3 is 0 Å². The molecule has 0 saturated heterocycles. The number of rotatable bonds is 6. The van der Waals surface area contributed by atoms with Crippen LogP contribution in [0.4, 0.5) is 0 Å². The largest absolute Gasteiger partial charge is 0.492 e. The van der Waals surface area contributed by atoms with Gasteiger partial charge in [-0.25, -0.2) is 0 Å². The van der Waals surface area contributed by atoms with Gasteiger partial charge in [0.05, 0.1) is 6.54 Å². The third kappa shape index (κ3) is 5.38. The van der Waals surface area contributed by atoms with Crippen molar-refractivity contribution in [2.45, 2.75) is 0 Å². The van der Waals surface area contributed by atoms with Crippen LogP contribution in [-0.4, -0.2) is 56.5 Å². The highest BCUT2D eigenvalue weighted by Crippen LogP contribution is 2.15. The van der Waals surface area contributed by atoms with Gasteiger partial charge in [-0.1, -0.05) is 11.6 Å². The van der Waals surface area contributed by atoms with E-state index < -0.39 is 0 Å². The minimum atomic E-state index is 0.0870. The number of hydrogen-bond donors (Lipinski definition) is 0. The SMILES string of the molecule is CN(CCOc1ccc(Cl)cc1)CC(=O)N(C)C. The van der Waals surface area contributed by atoms with Gasteiger partial charge in [-0.15, -0.1) is 0 Å². The van der Waals surface area contributed by atoms with Gasteiger partial charge in [0, 0.05) is 25.7 Å². The van der Waals surface area contributed by atoms with E-state index in [2.05, 4.69) is 0 Å². The van der Waals surface area contributed by atoms with Crippen molar-refractivity contribution in [3.63, 3.8) is 0 Å². The first-order valence-electron chi connectivity index (χ1n) is 5.76. The Morgan fingerprint density at radius 2 is 1.83 bits per heavy atom. The highest BCUT2D eigenvalue weighted by atomic mass is 35.5. The molecule has 4 nitrogen and oxygen atoms in total. The second kappa shape index (κ2) is 7.24. The van der Waals surface area contributed by atoms with E-state index in [0.717, 1.165) is 5.75 Å². The van der Waals surface area contributed by atoms with Crippen LogP contribution in [0.1, 0.15) is 0 Å². The van der Waals surface area contributed by atoms with E-state index in [1.54, 1.807) is 31.1 Å². The zero-order valence-electron chi connectivity index (χ0n) is 11.0. The first-order chi connectivity index (χ1) is 8.49. The van der Waals surface area contributed by atoms with Crippen LogP contribution in [0.2, 0.25) is 5.02 Å². The Morgan fingerprint density at radius 1 is 1.22 bits per heavy atom. The fourth-order valence-electron chi connectivity index (χ4n) is 1.30. The molecule has 0 aromatic heterocycles. The molecule has 0 fully saturated rings. The van der Waals surface area contributed by atoms with Gasteiger partial charge in [0.1, 0.15) is 12.4 Å². The van der Waals surface area contributed by atoms with Gasteiger partial charge in [0.2, 0.25) is 5.91 Å². The topological polar surface area (TPSA) is 32.8 Å². The summed E-state index contributed by atoms with van der Waals surface area (Å²) in [5.41, 5.74) is 0. The lowest BCUT2D eigenvalue weighted by atomic mass is 10.3. The summed E-state index contributed by atoms with van der Waals surface area (Å²) in [6, 6.07) is 7.23. The molecule has 0 aliphatic carbocycles. The smallest absolute Gasteiger partial charge is 0.236 e. The van der Waals surface area contributed by atoms with E-state index in [1.807, 2.05) is 24.1 Å². The number of benzene rings is 1. The van der Waals surface area contributed by atoms with Crippen molar-refractivity contribution in [3.05, 3.63) is 29.3 Å². The molecule has 100 valence electrons. The van der Waals surface area contributed by atoms with Gasteiger partial charge in [-0.05, 0) is 31.3 Å². The molecule has 1 aromatic carbocycles. The van der Waals surface area contributed by atoms with Crippen molar-refractivity contribution in [1.82, 2.24) is 9.80 Å². The van der Waals surface area contributed by atoms with Crippen molar-refractivity contribution in [1.29, 1.82) is 0 Å². The highest BCUT2D eigenvalue weighted by molar-refractivity contribution is 6.30. The molecule has 18 heavy (non-hydrogen) atoms. The van der Waals surface area contributed by atoms with E-state index in [-0.39, 0.29) is 5.91 Å². The number of carbonyl (C=O) groups excluding carboxylic acids is 1. The monoisotopic (exact) mass is 270 g/mol. The lowest BCUT2D eigenvalue weighted by Crippen LogP contribution is -2.36. The molecule has 0 aliphatic heterocycles. The van der Waals surface area contributed by atoms with Crippen molar-refractivity contribution < 1.29 is 9.53 Å². The molecule has 0 radical (unpaired) electrons. The molecule has 0 bridgehead atoms.